The zero-order chi connectivity index (χ0) is 18.0. The molecule has 0 N–H and O–H groups in total. The number of hydrogen-bond donors (Lipinski definition) is 0. The molecule has 5 nitrogen and oxygen atoms in total. The standard InChI is InChI=1S/C20H28N2O3/c1-14-6-4-7-15(2)19(14)25-11-5-10-21(3)20(24)16-12-18(23)22(13-16)17-8-9-17/h4,6-7,16-17H,5,8-13H2,1-3H3. The third-order valence-electron chi connectivity index (χ3n) is 5.16. The van der Waals surface area contributed by atoms with Gasteiger partial charge in [0, 0.05) is 32.6 Å². The number of ether oxygens (including phenoxy) is 1. The van der Waals surface area contributed by atoms with Gasteiger partial charge in [-0.05, 0) is 44.2 Å². The van der Waals surface area contributed by atoms with Gasteiger partial charge in [0.05, 0.1) is 12.5 Å². The van der Waals surface area contributed by atoms with Gasteiger partial charge in [-0.2, -0.15) is 0 Å². The van der Waals surface area contributed by atoms with Crippen LogP contribution in [-0.4, -0.2) is 54.4 Å². The van der Waals surface area contributed by atoms with Crippen LogP contribution in [0, 0.1) is 19.8 Å². The number of amides is 2. The first kappa shape index (κ1) is 17.8. The summed E-state index contributed by atoms with van der Waals surface area (Å²) in [6.45, 7) is 5.92. The zero-order valence-corrected chi connectivity index (χ0v) is 15.5. The van der Waals surface area contributed by atoms with Crippen LogP contribution in [0.25, 0.3) is 0 Å². The molecular weight excluding hydrogens is 316 g/mol. The maximum atomic E-state index is 12.6. The third kappa shape index (κ3) is 4.14. The van der Waals surface area contributed by atoms with E-state index < -0.39 is 0 Å². The second kappa shape index (κ2) is 7.46. The zero-order valence-electron chi connectivity index (χ0n) is 15.5. The number of rotatable bonds is 7. The van der Waals surface area contributed by atoms with Gasteiger partial charge in [0.25, 0.3) is 0 Å². The van der Waals surface area contributed by atoms with Crippen molar-refractivity contribution in [1.29, 1.82) is 0 Å². The average molecular weight is 344 g/mol. The Kier molecular flexibility index (Phi) is 5.30. The molecule has 3 rings (SSSR count). The third-order valence-corrected chi connectivity index (χ3v) is 5.16. The molecule has 1 aromatic rings. The van der Waals surface area contributed by atoms with E-state index >= 15 is 0 Å². The van der Waals surface area contributed by atoms with Crippen molar-refractivity contribution in [3.8, 4) is 5.75 Å². The molecule has 136 valence electrons. The van der Waals surface area contributed by atoms with Gasteiger partial charge in [-0.15, -0.1) is 0 Å². The first-order valence-electron chi connectivity index (χ1n) is 9.21. The Hall–Kier alpha value is -2.04. The fourth-order valence-electron chi connectivity index (χ4n) is 3.56. The highest BCUT2D eigenvalue weighted by molar-refractivity contribution is 5.89. The Balaban J connectivity index is 1.42. The SMILES string of the molecule is Cc1cccc(C)c1OCCCN(C)C(=O)C1CC(=O)N(C2CC2)C1. The summed E-state index contributed by atoms with van der Waals surface area (Å²) < 4.78 is 5.90. The number of nitrogens with zero attached hydrogens (tertiary/aromatic N) is 2. The maximum Gasteiger partial charge on any atom is 0.227 e. The molecule has 1 aliphatic heterocycles. The highest BCUT2D eigenvalue weighted by Gasteiger charge is 2.42. The van der Waals surface area contributed by atoms with Gasteiger partial charge >= 0.3 is 0 Å². The molecule has 1 heterocycles. The summed E-state index contributed by atoms with van der Waals surface area (Å²) in [6, 6.07) is 6.51. The molecule has 1 unspecified atom stereocenters. The van der Waals surface area contributed by atoms with E-state index in [1.54, 1.807) is 4.90 Å². The molecule has 0 bridgehead atoms. The Bertz CT molecular complexity index is 634. The molecule has 1 saturated heterocycles. The van der Waals surface area contributed by atoms with Crippen LogP contribution in [0.15, 0.2) is 18.2 Å². The minimum atomic E-state index is -0.169. The summed E-state index contributed by atoms with van der Waals surface area (Å²) in [7, 11) is 1.83. The Labute approximate surface area is 149 Å². The van der Waals surface area contributed by atoms with Gasteiger partial charge in [0.1, 0.15) is 5.75 Å². The van der Waals surface area contributed by atoms with Crippen molar-refractivity contribution >= 4 is 11.8 Å². The summed E-state index contributed by atoms with van der Waals surface area (Å²) in [5.74, 6) is 1.01. The van der Waals surface area contributed by atoms with Crippen molar-refractivity contribution < 1.29 is 14.3 Å². The molecule has 0 radical (unpaired) electrons. The van der Waals surface area contributed by atoms with E-state index in [4.69, 9.17) is 4.74 Å². The van der Waals surface area contributed by atoms with Crippen molar-refractivity contribution in [2.24, 2.45) is 5.92 Å². The van der Waals surface area contributed by atoms with Gasteiger partial charge in [-0.3, -0.25) is 9.59 Å². The largest absolute Gasteiger partial charge is 0.493 e. The summed E-state index contributed by atoms with van der Waals surface area (Å²) in [5, 5.41) is 0. The van der Waals surface area contributed by atoms with Crippen molar-refractivity contribution in [2.75, 3.05) is 26.7 Å². The predicted molar refractivity (Wildman–Crippen MR) is 96.5 cm³/mol. The Morgan fingerprint density at radius 1 is 1.28 bits per heavy atom. The molecule has 2 aliphatic rings. The molecule has 1 atom stereocenters. The molecule has 25 heavy (non-hydrogen) atoms. The number of carbonyl (C=O) groups excluding carboxylic acids is 2. The molecule has 2 fully saturated rings. The number of para-hydroxylation sites is 1. The van der Waals surface area contributed by atoms with Crippen LogP contribution in [0.2, 0.25) is 0 Å². The fraction of sp³-hybridized carbons (Fsp3) is 0.600. The summed E-state index contributed by atoms with van der Waals surface area (Å²) in [5.41, 5.74) is 2.27. The van der Waals surface area contributed by atoms with Crippen LogP contribution in [0.1, 0.15) is 36.8 Å². The van der Waals surface area contributed by atoms with Gasteiger partial charge in [-0.1, -0.05) is 18.2 Å². The lowest BCUT2D eigenvalue weighted by Gasteiger charge is -2.21. The number of likely N-dealkylation sites (tertiary alicyclic amines) is 1. The van der Waals surface area contributed by atoms with Crippen LogP contribution in [0.3, 0.4) is 0 Å². The smallest absolute Gasteiger partial charge is 0.227 e. The van der Waals surface area contributed by atoms with Crippen molar-refractivity contribution in [3.63, 3.8) is 0 Å². The highest BCUT2D eigenvalue weighted by Crippen LogP contribution is 2.33. The molecule has 0 spiro atoms. The average Bonchev–Trinajstić information content (AvgIpc) is 3.35. The number of carbonyl (C=O) groups is 2. The first-order chi connectivity index (χ1) is 12.0. The molecule has 2 amide bonds. The van der Waals surface area contributed by atoms with E-state index in [9.17, 15) is 9.59 Å². The topological polar surface area (TPSA) is 49.9 Å². The van der Waals surface area contributed by atoms with Crippen molar-refractivity contribution in [2.45, 2.75) is 45.6 Å². The highest BCUT2D eigenvalue weighted by atomic mass is 16.5. The van der Waals surface area contributed by atoms with Crippen LogP contribution in [-0.2, 0) is 9.59 Å². The lowest BCUT2D eigenvalue weighted by atomic mass is 10.1. The maximum absolute atomic E-state index is 12.6. The molecule has 1 aliphatic carbocycles. The van der Waals surface area contributed by atoms with Crippen molar-refractivity contribution in [3.05, 3.63) is 29.3 Å². The molecule has 1 saturated carbocycles. The lowest BCUT2D eigenvalue weighted by molar-refractivity contribution is -0.134. The molecule has 5 heteroatoms. The first-order valence-corrected chi connectivity index (χ1v) is 9.21. The monoisotopic (exact) mass is 344 g/mol. The summed E-state index contributed by atoms with van der Waals surface area (Å²) in [6.07, 6.45) is 3.35. The normalized spacial score (nSPS) is 20.0. The van der Waals surface area contributed by atoms with E-state index in [1.165, 1.54) is 0 Å². The molecular formula is C20H28N2O3. The molecule has 1 aromatic carbocycles. The van der Waals surface area contributed by atoms with Crippen LogP contribution in [0.4, 0.5) is 0 Å². The minimum Gasteiger partial charge on any atom is -0.493 e. The van der Waals surface area contributed by atoms with Gasteiger partial charge in [0.2, 0.25) is 11.8 Å². The lowest BCUT2D eigenvalue weighted by Crippen LogP contribution is -2.36. The van der Waals surface area contributed by atoms with Crippen LogP contribution in [0.5, 0.6) is 5.75 Å². The van der Waals surface area contributed by atoms with E-state index in [0.29, 0.717) is 32.2 Å². The number of hydrogen-bond acceptors (Lipinski definition) is 3. The summed E-state index contributed by atoms with van der Waals surface area (Å²) >= 11 is 0. The second-order valence-electron chi connectivity index (χ2n) is 7.36. The second-order valence-corrected chi connectivity index (χ2v) is 7.36. The van der Waals surface area contributed by atoms with E-state index in [0.717, 1.165) is 36.1 Å². The van der Waals surface area contributed by atoms with Crippen LogP contribution < -0.4 is 4.74 Å². The van der Waals surface area contributed by atoms with Gasteiger partial charge in [-0.25, -0.2) is 0 Å². The van der Waals surface area contributed by atoms with E-state index in [1.807, 2.05) is 44.0 Å². The van der Waals surface area contributed by atoms with Crippen molar-refractivity contribution in [1.82, 2.24) is 9.80 Å². The molecule has 0 aromatic heterocycles. The van der Waals surface area contributed by atoms with Gasteiger partial charge < -0.3 is 14.5 Å². The number of aryl methyl sites for hydroxylation is 2. The Morgan fingerprint density at radius 3 is 2.60 bits per heavy atom. The van der Waals surface area contributed by atoms with E-state index in [-0.39, 0.29) is 17.7 Å². The Morgan fingerprint density at radius 2 is 1.96 bits per heavy atom. The van der Waals surface area contributed by atoms with Gasteiger partial charge in [0.15, 0.2) is 0 Å². The predicted octanol–water partition coefficient (Wildman–Crippen LogP) is 2.54. The quantitative estimate of drug-likeness (QED) is 0.714. The minimum absolute atomic E-state index is 0.0866. The fourth-order valence-corrected chi connectivity index (χ4v) is 3.56. The van der Waals surface area contributed by atoms with Crippen LogP contribution >= 0.6 is 0 Å². The number of benzene rings is 1. The summed E-state index contributed by atoms with van der Waals surface area (Å²) in [4.78, 5) is 28.2. The van der Waals surface area contributed by atoms with E-state index in [2.05, 4.69) is 0 Å².